The van der Waals surface area contributed by atoms with E-state index in [0.29, 0.717) is 0 Å². The average Bonchev–Trinajstić information content (AvgIpc) is 2.65. The van der Waals surface area contributed by atoms with Crippen LogP contribution in [0.5, 0.6) is 5.75 Å². The van der Waals surface area contributed by atoms with Gasteiger partial charge in [0.25, 0.3) is 11.8 Å². The number of ether oxygens (including phenoxy) is 1. The van der Waals surface area contributed by atoms with E-state index in [9.17, 15) is 14.0 Å². The van der Waals surface area contributed by atoms with Gasteiger partial charge in [-0.25, -0.2) is 4.39 Å². The minimum atomic E-state index is -0.617. The molecule has 5 nitrogen and oxygen atoms in total. The smallest absolute Gasteiger partial charge is 0.270 e. The number of hydrogen-bond donors (Lipinski definition) is 1. The number of halogens is 1. The number of methoxy groups -OCH3 is 1. The van der Waals surface area contributed by atoms with Crippen molar-refractivity contribution in [1.82, 2.24) is 5.32 Å². The monoisotopic (exact) mass is 382 g/mol. The lowest BCUT2D eigenvalue weighted by Gasteiger charge is -2.28. The van der Waals surface area contributed by atoms with E-state index < -0.39 is 17.6 Å². The average molecular weight is 382 g/mol. The van der Waals surface area contributed by atoms with Crippen molar-refractivity contribution in [2.75, 3.05) is 12.0 Å². The third-order valence-electron chi connectivity index (χ3n) is 3.84. The minimum absolute atomic E-state index is 0.0908. The van der Waals surface area contributed by atoms with Gasteiger partial charge in [0.05, 0.1) is 12.8 Å². The van der Waals surface area contributed by atoms with Gasteiger partial charge >= 0.3 is 0 Å². The molecular formula is C20H15FN2O3S. The molecule has 27 heavy (non-hydrogen) atoms. The molecule has 2 amide bonds. The molecule has 1 saturated heterocycles. The fraction of sp³-hybridized carbons (Fsp3) is 0.0500. The zero-order valence-electron chi connectivity index (χ0n) is 14.3. The Hall–Kier alpha value is -3.32. The molecule has 1 N–H and O–H groups in total. The molecule has 0 aliphatic carbocycles. The molecule has 1 aliphatic heterocycles. The number of hydrogen-bond acceptors (Lipinski definition) is 4. The number of benzene rings is 2. The van der Waals surface area contributed by atoms with E-state index >= 15 is 0 Å². The van der Waals surface area contributed by atoms with Crippen LogP contribution < -0.4 is 15.0 Å². The van der Waals surface area contributed by atoms with Crippen molar-refractivity contribution in [3.05, 3.63) is 77.6 Å². The summed E-state index contributed by atoms with van der Waals surface area (Å²) >= 11 is 5.07. The van der Waals surface area contributed by atoms with Crippen LogP contribution in [0.4, 0.5) is 10.1 Å². The van der Waals surface area contributed by atoms with Gasteiger partial charge in [0.2, 0.25) is 0 Å². The van der Waals surface area contributed by atoms with Crippen molar-refractivity contribution in [2.24, 2.45) is 0 Å². The lowest BCUT2D eigenvalue weighted by molar-refractivity contribution is -0.122. The van der Waals surface area contributed by atoms with Gasteiger partial charge in [0.15, 0.2) is 5.11 Å². The number of nitrogens with one attached hydrogen (secondary N) is 1. The van der Waals surface area contributed by atoms with Gasteiger partial charge < -0.3 is 4.74 Å². The maximum atomic E-state index is 13.5. The highest BCUT2D eigenvalue weighted by molar-refractivity contribution is 7.80. The summed E-state index contributed by atoms with van der Waals surface area (Å²) in [7, 11) is 1.58. The van der Waals surface area contributed by atoms with Crippen LogP contribution in [-0.4, -0.2) is 24.0 Å². The molecule has 0 radical (unpaired) electrons. The molecule has 7 heteroatoms. The second-order valence-corrected chi connectivity index (χ2v) is 5.98. The van der Waals surface area contributed by atoms with Gasteiger partial charge in [-0.05, 0) is 54.2 Å². The summed E-state index contributed by atoms with van der Waals surface area (Å²) in [6, 6.07) is 12.7. The molecule has 0 unspecified atom stereocenters. The first kappa shape index (κ1) is 18.5. The number of thiocarbonyl (C=S) groups is 1. The van der Waals surface area contributed by atoms with E-state index in [4.69, 9.17) is 17.0 Å². The van der Waals surface area contributed by atoms with Crippen LogP contribution in [-0.2, 0) is 9.59 Å². The first-order valence-electron chi connectivity index (χ1n) is 7.97. The Morgan fingerprint density at radius 3 is 2.56 bits per heavy atom. The molecule has 2 aromatic carbocycles. The zero-order valence-corrected chi connectivity index (χ0v) is 15.1. The van der Waals surface area contributed by atoms with Crippen molar-refractivity contribution >= 4 is 40.9 Å². The van der Waals surface area contributed by atoms with Gasteiger partial charge in [-0.1, -0.05) is 30.4 Å². The highest BCUT2D eigenvalue weighted by Crippen LogP contribution is 2.21. The van der Waals surface area contributed by atoms with E-state index in [1.807, 2.05) is 12.1 Å². The molecule has 136 valence electrons. The lowest BCUT2D eigenvalue weighted by atomic mass is 10.1. The van der Waals surface area contributed by atoms with Crippen LogP contribution in [0.1, 0.15) is 5.56 Å². The Morgan fingerprint density at radius 1 is 1.15 bits per heavy atom. The molecule has 0 atom stereocenters. The standard InChI is InChI=1S/C20H15FN2O3S/c1-26-16-10-8-13(9-11-16)4-2-7-17-18(24)22-20(27)23(19(17)25)15-6-3-5-14(21)12-15/h2-12H,1H3,(H,22,24,27)/b4-2+,17-7-. The molecule has 0 bridgehead atoms. The van der Waals surface area contributed by atoms with Crippen molar-refractivity contribution in [3.8, 4) is 5.75 Å². The summed E-state index contributed by atoms with van der Waals surface area (Å²) in [6.45, 7) is 0. The lowest BCUT2D eigenvalue weighted by Crippen LogP contribution is -2.54. The maximum absolute atomic E-state index is 13.5. The predicted octanol–water partition coefficient (Wildman–Crippen LogP) is 3.22. The van der Waals surface area contributed by atoms with Crippen LogP contribution in [0.15, 0.2) is 66.3 Å². The summed E-state index contributed by atoms with van der Waals surface area (Å²) in [4.78, 5) is 26.0. The number of carbonyl (C=O) groups excluding carboxylic acids is 2. The van der Waals surface area contributed by atoms with Crippen LogP contribution in [0.2, 0.25) is 0 Å². The van der Waals surface area contributed by atoms with E-state index in [-0.39, 0.29) is 16.4 Å². The molecule has 0 aromatic heterocycles. The molecule has 1 aliphatic rings. The van der Waals surface area contributed by atoms with Crippen LogP contribution in [0, 0.1) is 5.82 Å². The van der Waals surface area contributed by atoms with Gasteiger partial charge in [-0.3, -0.25) is 19.8 Å². The van der Waals surface area contributed by atoms with E-state index in [1.165, 1.54) is 30.3 Å². The Kier molecular flexibility index (Phi) is 5.42. The molecular weight excluding hydrogens is 367 g/mol. The maximum Gasteiger partial charge on any atom is 0.270 e. The Morgan fingerprint density at radius 2 is 1.89 bits per heavy atom. The zero-order chi connectivity index (χ0) is 19.4. The SMILES string of the molecule is COc1ccc(/C=C/C=C2/C(=O)NC(=S)N(c3cccc(F)c3)C2=O)cc1. The topological polar surface area (TPSA) is 58.6 Å². The Balaban J connectivity index is 1.86. The number of nitrogens with zero attached hydrogens (tertiary/aromatic N) is 1. The van der Waals surface area contributed by atoms with E-state index in [0.717, 1.165) is 16.2 Å². The molecule has 2 aromatic rings. The van der Waals surface area contributed by atoms with Crippen molar-refractivity contribution in [1.29, 1.82) is 0 Å². The van der Waals surface area contributed by atoms with Crippen LogP contribution >= 0.6 is 12.2 Å². The number of allylic oxidation sites excluding steroid dienone is 2. The summed E-state index contributed by atoms with van der Waals surface area (Å²) in [5, 5.41) is 2.36. The number of anilines is 1. The minimum Gasteiger partial charge on any atom is -0.497 e. The second-order valence-electron chi connectivity index (χ2n) is 5.59. The van der Waals surface area contributed by atoms with Gasteiger partial charge in [0.1, 0.15) is 17.1 Å². The highest BCUT2D eigenvalue weighted by atomic mass is 32.1. The third-order valence-corrected chi connectivity index (χ3v) is 4.12. The summed E-state index contributed by atoms with van der Waals surface area (Å²) in [6.07, 6.45) is 4.73. The number of rotatable bonds is 4. The van der Waals surface area contributed by atoms with Crippen molar-refractivity contribution in [2.45, 2.75) is 0 Å². The molecule has 0 spiro atoms. The largest absolute Gasteiger partial charge is 0.497 e. The Bertz CT molecular complexity index is 967. The normalized spacial score (nSPS) is 16.1. The third kappa shape index (κ3) is 4.09. The second kappa shape index (κ2) is 7.92. The van der Waals surface area contributed by atoms with Gasteiger partial charge in [-0.2, -0.15) is 0 Å². The Labute approximate surface area is 160 Å². The van der Waals surface area contributed by atoms with Crippen molar-refractivity contribution in [3.63, 3.8) is 0 Å². The molecule has 3 rings (SSSR count). The van der Waals surface area contributed by atoms with Crippen LogP contribution in [0.3, 0.4) is 0 Å². The first-order valence-corrected chi connectivity index (χ1v) is 8.38. The quantitative estimate of drug-likeness (QED) is 0.501. The first-order chi connectivity index (χ1) is 13.0. The predicted molar refractivity (Wildman–Crippen MR) is 105 cm³/mol. The summed E-state index contributed by atoms with van der Waals surface area (Å²) in [5.41, 5.74) is 1.02. The summed E-state index contributed by atoms with van der Waals surface area (Å²) in [5.74, 6) is -0.998. The van der Waals surface area contributed by atoms with Crippen LogP contribution in [0.25, 0.3) is 6.08 Å². The highest BCUT2D eigenvalue weighted by Gasteiger charge is 2.34. The summed E-state index contributed by atoms with van der Waals surface area (Å²) < 4.78 is 18.6. The number of amides is 2. The molecule has 1 heterocycles. The van der Waals surface area contributed by atoms with Crippen molar-refractivity contribution < 1.29 is 18.7 Å². The number of carbonyl (C=O) groups is 2. The van der Waals surface area contributed by atoms with E-state index in [1.54, 1.807) is 31.4 Å². The molecule has 0 saturated carbocycles. The van der Waals surface area contributed by atoms with Gasteiger partial charge in [-0.15, -0.1) is 0 Å². The van der Waals surface area contributed by atoms with Gasteiger partial charge in [0, 0.05) is 0 Å². The van der Waals surface area contributed by atoms with E-state index in [2.05, 4.69) is 5.32 Å². The molecule has 1 fully saturated rings. The fourth-order valence-corrected chi connectivity index (χ4v) is 2.78. The fourth-order valence-electron chi connectivity index (χ4n) is 2.50.